The lowest BCUT2D eigenvalue weighted by Gasteiger charge is -2.42. The summed E-state index contributed by atoms with van der Waals surface area (Å²) in [5.74, 6) is 1.60. The molecule has 2 aromatic carbocycles. The molecule has 33 heavy (non-hydrogen) atoms. The van der Waals surface area contributed by atoms with Crippen molar-refractivity contribution in [1.29, 1.82) is 0 Å². The van der Waals surface area contributed by atoms with Crippen LogP contribution in [0.4, 0.5) is 5.82 Å². The van der Waals surface area contributed by atoms with E-state index in [0.717, 1.165) is 44.9 Å². The van der Waals surface area contributed by atoms with Crippen molar-refractivity contribution in [2.24, 2.45) is 0 Å². The van der Waals surface area contributed by atoms with Crippen LogP contribution in [0.1, 0.15) is 30.0 Å². The van der Waals surface area contributed by atoms with Gasteiger partial charge in [-0.1, -0.05) is 41.6 Å². The minimum atomic E-state index is -0.0549. The summed E-state index contributed by atoms with van der Waals surface area (Å²) < 4.78 is 5.39. The monoisotopic (exact) mass is 461 g/mol. The summed E-state index contributed by atoms with van der Waals surface area (Å²) in [5.41, 5.74) is 4.68. The van der Waals surface area contributed by atoms with Crippen LogP contribution in [-0.2, 0) is 4.79 Å². The molecule has 0 spiro atoms. The van der Waals surface area contributed by atoms with E-state index in [4.69, 9.17) is 16.1 Å². The van der Waals surface area contributed by atoms with Crippen molar-refractivity contribution >= 4 is 34.2 Å². The van der Waals surface area contributed by atoms with Crippen molar-refractivity contribution in [3.63, 3.8) is 0 Å². The van der Waals surface area contributed by atoms with Crippen LogP contribution in [0.5, 0.6) is 0 Å². The summed E-state index contributed by atoms with van der Waals surface area (Å²) in [5, 5.41) is 5.20. The zero-order valence-electron chi connectivity index (χ0n) is 18.7. The van der Waals surface area contributed by atoms with Crippen LogP contribution in [0.25, 0.3) is 22.0 Å². The molecule has 168 valence electrons. The number of benzene rings is 2. The summed E-state index contributed by atoms with van der Waals surface area (Å²) in [6.07, 6.45) is 0. The number of hydrogen-bond acceptors (Lipinski definition) is 6. The third-order valence-electron chi connectivity index (χ3n) is 6.25. The highest BCUT2D eigenvalue weighted by Crippen LogP contribution is 2.37. The average Bonchev–Trinajstić information content (AvgIpc) is 3.16. The summed E-state index contributed by atoms with van der Waals surface area (Å²) >= 11 is 6.37. The third-order valence-corrected chi connectivity index (χ3v) is 6.42. The Balaban J connectivity index is 1.67. The van der Waals surface area contributed by atoms with Crippen molar-refractivity contribution in [1.82, 2.24) is 20.0 Å². The Hall–Kier alpha value is -3.45. The standard InChI is InChI=1S/C25H24ClN5O2/c1-15-23(16(2)33-29-15)19-9-10-21-20(13-19)24(28-25(26)27-21)31-12-11-30(17(3)32)14-22(31)18-7-5-4-6-8-18/h4-10,13,22H,11-12,14H2,1-3H3/t22-/m1/s1. The van der Waals surface area contributed by atoms with E-state index >= 15 is 0 Å². The molecule has 1 amide bonds. The molecular weight excluding hydrogens is 438 g/mol. The molecule has 0 unspecified atom stereocenters. The molecule has 0 aliphatic carbocycles. The smallest absolute Gasteiger partial charge is 0.224 e. The maximum absolute atomic E-state index is 12.2. The molecule has 1 fully saturated rings. The Morgan fingerprint density at radius 1 is 1.09 bits per heavy atom. The number of aromatic nitrogens is 3. The number of amides is 1. The van der Waals surface area contributed by atoms with Crippen LogP contribution in [0.2, 0.25) is 5.28 Å². The van der Waals surface area contributed by atoms with Crippen LogP contribution < -0.4 is 4.90 Å². The quantitative estimate of drug-likeness (QED) is 0.401. The molecule has 8 heteroatoms. The first-order valence-electron chi connectivity index (χ1n) is 10.9. The van der Waals surface area contributed by atoms with E-state index < -0.39 is 0 Å². The second-order valence-corrected chi connectivity index (χ2v) is 8.67. The van der Waals surface area contributed by atoms with E-state index in [2.05, 4.69) is 38.2 Å². The number of anilines is 1. The van der Waals surface area contributed by atoms with Gasteiger partial charge in [0.25, 0.3) is 0 Å². The Kier molecular flexibility index (Phi) is 5.50. The van der Waals surface area contributed by atoms with Crippen molar-refractivity contribution < 1.29 is 9.32 Å². The molecule has 1 saturated heterocycles. The predicted molar refractivity (Wildman–Crippen MR) is 128 cm³/mol. The lowest BCUT2D eigenvalue weighted by molar-refractivity contribution is -0.129. The van der Waals surface area contributed by atoms with Gasteiger partial charge in [-0.15, -0.1) is 0 Å². The van der Waals surface area contributed by atoms with Crippen molar-refractivity contribution in [2.75, 3.05) is 24.5 Å². The molecule has 0 N–H and O–H groups in total. The molecule has 1 aliphatic rings. The van der Waals surface area contributed by atoms with Gasteiger partial charge in [0.2, 0.25) is 11.2 Å². The van der Waals surface area contributed by atoms with Crippen LogP contribution >= 0.6 is 11.6 Å². The van der Waals surface area contributed by atoms with E-state index in [1.54, 1.807) is 6.92 Å². The number of fused-ring (bicyclic) bond motifs is 1. The minimum Gasteiger partial charge on any atom is -0.361 e. The molecule has 3 heterocycles. The maximum atomic E-state index is 12.2. The first-order chi connectivity index (χ1) is 15.9. The Bertz CT molecular complexity index is 1320. The fourth-order valence-electron chi connectivity index (χ4n) is 4.64. The zero-order valence-corrected chi connectivity index (χ0v) is 19.5. The van der Waals surface area contributed by atoms with Crippen molar-refractivity contribution in [3.8, 4) is 11.1 Å². The minimum absolute atomic E-state index is 0.0549. The normalized spacial score (nSPS) is 16.4. The maximum Gasteiger partial charge on any atom is 0.224 e. The highest BCUT2D eigenvalue weighted by molar-refractivity contribution is 6.28. The molecule has 1 atom stereocenters. The van der Waals surface area contributed by atoms with E-state index in [1.165, 1.54) is 0 Å². The highest BCUT2D eigenvalue weighted by Gasteiger charge is 2.32. The van der Waals surface area contributed by atoms with Crippen LogP contribution in [0, 0.1) is 13.8 Å². The largest absolute Gasteiger partial charge is 0.361 e. The number of rotatable bonds is 3. The number of piperazine rings is 1. The summed E-state index contributed by atoms with van der Waals surface area (Å²) in [6.45, 7) is 7.28. The Morgan fingerprint density at radius 3 is 2.58 bits per heavy atom. The van der Waals surface area contributed by atoms with Gasteiger partial charge in [-0.2, -0.15) is 4.98 Å². The summed E-state index contributed by atoms with van der Waals surface area (Å²) in [7, 11) is 0. The van der Waals surface area contributed by atoms with Crippen LogP contribution in [0.15, 0.2) is 53.1 Å². The van der Waals surface area contributed by atoms with Gasteiger partial charge in [-0.05, 0) is 48.7 Å². The number of hydrogen-bond donors (Lipinski definition) is 0. The molecule has 0 bridgehead atoms. The highest BCUT2D eigenvalue weighted by atomic mass is 35.5. The lowest BCUT2D eigenvalue weighted by Crippen LogP contribution is -2.50. The molecule has 2 aromatic heterocycles. The molecule has 4 aromatic rings. The second-order valence-electron chi connectivity index (χ2n) is 8.33. The van der Waals surface area contributed by atoms with Crippen LogP contribution in [0.3, 0.4) is 0 Å². The Labute approximate surface area is 197 Å². The van der Waals surface area contributed by atoms with Gasteiger partial charge in [0.1, 0.15) is 11.6 Å². The SMILES string of the molecule is CC(=O)N1CCN(c2nc(Cl)nc3ccc(-c4c(C)noc4C)cc23)[C@@H](c2ccccc2)C1. The fourth-order valence-corrected chi connectivity index (χ4v) is 4.81. The molecular formula is C25H24ClN5O2. The third kappa shape index (κ3) is 3.93. The van der Waals surface area contributed by atoms with Gasteiger partial charge < -0.3 is 14.3 Å². The fraction of sp³-hybridized carbons (Fsp3) is 0.280. The molecule has 0 saturated carbocycles. The van der Waals surface area contributed by atoms with E-state index in [9.17, 15) is 4.79 Å². The van der Waals surface area contributed by atoms with E-state index in [1.807, 2.05) is 49.1 Å². The first-order valence-corrected chi connectivity index (χ1v) is 11.3. The molecule has 1 aliphatic heterocycles. The molecule has 7 nitrogen and oxygen atoms in total. The van der Waals surface area contributed by atoms with Gasteiger partial charge in [-0.3, -0.25) is 4.79 Å². The number of nitrogens with zero attached hydrogens (tertiary/aromatic N) is 5. The van der Waals surface area contributed by atoms with Crippen molar-refractivity contribution in [2.45, 2.75) is 26.8 Å². The lowest BCUT2D eigenvalue weighted by atomic mass is 9.99. The first kappa shape index (κ1) is 21.4. The number of aryl methyl sites for hydroxylation is 2. The summed E-state index contributed by atoms with van der Waals surface area (Å²) in [6, 6.07) is 16.2. The number of carbonyl (C=O) groups is 1. The zero-order chi connectivity index (χ0) is 23.1. The van der Waals surface area contributed by atoms with Gasteiger partial charge in [0.15, 0.2) is 0 Å². The van der Waals surface area contributed by atoms with Gasteiger partial charge >= 0.3 is 0 Å². The van der Waals surface area contributed by atoms with Gasteiger partial charge in [0.05, 0.1) is 17.3 Å². The van der Waals surface area contributed by atoms with E-state index in [-0.39, 0.29) is 17.2 Å². The molecule has 0 radical (unpaired) electrons. The van der Waals surface area contributed by atoms with Gasteiger partial charge in [0, 0.05) is 37.5 Å². The van der Waals surface area contributed by atoms with Gasteiger partial charge in [-0.25, -0.2) is 4.98 Å². The Morgan fingerprint density at radius 2 is 1.88 bits per heavy atom. The predicted octanol–water partition coefficient (Wildman–Crippen LogP) is 4.96. The van der Waals surface area contributed by atoms with Crippen LogP contribution in [-0.4, -0.2) is 45.6 Å². The second kappa shape index (κ2) is 8.48. The number of halogens is 1. The molecule has 5 rings (SSSR count). The topological polar surface area (TPSA) is 75.4 Å². The summed E-state index contributed by atoms with van der Waals surface area (Å²) in [4.78, 5) is 25.4. The number of carbonyl (C=O) groups excluding carboxylic acids is 1. The van der Waals surface area contributed by atoms with Crippen molar-refractivity contribution in [3.05, 3.63) is 70.8 Å². The van der Waals surface area contributed by atoms with E-state index in [0.29, 0.717) is 19.6 Å². The average molecular weight is 462 g/mol.